The zero-order chi connectivity index (χ0) is 26.8. The van der Waals surface area contributed by atoms with Crippen LogP contribution in [-0.4, -0.2) is 65.1 Å². The van der Waals surface area contributed by atoms with Gasteiger partial charge in [0, 0.05) is 37.4 Å². The van der Waals surface area contributed by atoms with E-state index < -0.39 is 5.41 Å². The number of ether oxygens (including phenoxy) is 4. The molecule has 0 aliphatic carbocycles. The highest BCUT2D eigenvalue weighted by atomic mass is 16.5. The zero-order valence-corrected chi connectivity index (χ0v) is 23.3. The third-order valence-corrected chi connectivity index (χ3v) is 7.89. The van der Waals surface area contributed by atoms with Crippen molar-refractivity contribution in [3.05, 3.63) is 82.9 Å². The van der Waals surface area contributed by atoms with Gasteiger partial charge >= 0.3 is 0 Å². The van der Waals surface area contributed by atoms with Gasteiger partial charge in [-0.2, -0.15) is 0 Å². The topological polar surface area (TPSA) is 52.2 Å². The Kier molecular flexibility index (Phi) is 7.55. The number of hydrogen-bond donors (Lipinski definition) is 1. The van der Waals surface area contributed by atoms with Crippen molar-refractivity contribution in [3.63, 3.8) is 0 Å². The van der Waals surface area contributed by atoms with Gasteiger partial charge in [-0.1, -0.05) is 45.0 Å². The lowest BCUT2D eigenvalue weighted by atomic mass is 9.69. The molecule has 0 spiro atoms. The Labute approximate surface area is 226 Å². The molecule has 1 saturated heterocycles. The van der Waals surface area contributed by atoms with Gasteiger partial charge in [0.25, 0.3) is 0 Å². The molecule has 1 atom stereocenters. The molecule has 1 N–H and O–H groups in total. The van der Waals surface area contributed by atoms with E-state index in [4.69, 9.17) is 18.9 Å². The third-order valence-electron chi connectivity index (χ3n) is 7.89. The van der Waals surface area contributed by atoms with Crippen LogP contribution in [0.1, 0.15) is 43.0 Å². The highest BCUT2D eigenvalue weighted by molar-refractivity contribution is 5.72. The third kappa shape index (κ3) is 5.07. The molecule has 202 valence electrons. The summed E-state index contributed by atoms with van der Waals surface area (Å²) in [6, 6.07) is 21.5. The number of nitrogens with one attached hydrogen (secondary N) is 1. The van der Waals surface area contributed by atoms with Crippen LogP contribution in [0.2, 0.25) is 0 Å². The van der Waals surface area contributed by atoms with Crippen molar-refractivity contribution >= 4 is 5.69 Å². The monoisotopic (exact) mass is 516 g/mol. The fourth-order valence-corrected chi connectivity index (χ4v) is 5.57. The van der Waals surface area contributed by atoms with Crippen LogP contribution < -0.4 is 19.5 Å². The Balaban J connectivity index is 1.64. The smallest absolute Gasteiger partial charge is 0.123 e. The van der Waals surface area contributed by atoms with Crippen molar-refractivity contribution in [1.82, 2.24) is 4.90 Å². The molecule has 1 unspecified atom stereocenters. The van der Waals surface area contributed by atoms with E-state index in [-0.39, 0.29) is 5.41 Å². The van der Waals surface area contributed by atoms with Crippen LogP contribution in [-0.2, 0) is 15.6 Å². The highest BCUT2D eigenvalue weighted by Gasteiger charge is 2.45. The van der Waals surface area contributed by atoms with Gasteiger partial charge in [-0.05, 0) is 58.5 Å². The molecule has 6 heteroatoms. The Hall–Kier alpha value is -3.22. The van der Waals surface area contributed by atoms with Gasteiger partial charge < -0.3 is 24.3 Å². The summed E-state index contributed by atoms with van der Waals surface area (Å²) in [4.78, 5) is 2.41. The van der Waals surface area contributed by atoms with E-state index in [0.29, 0.717) is 6.61 Å². The maximum Gasteiger partial charge on any atom is 0.123 e. The lowest BCUT2D eigenvalue weighted by Crippen LogP contribution is -2.39. The molecular formula is C32H40N2O4. The molecule has 2 aliphatic heterocycles. The lowest BCUT2D eigenvalue weighted by Gasteiger charge is -2.34. The SMILES string of the molecule is COc1ccc(C2(c3cc(C(C)(C)C)ccc3OCCN3CCOCC3)CNc3ccc(OC)cc32)cc1. The second-order valence-electron chi connectivity index (χ2n) is 11.2. The molecule has 0 aromatic heterocycles. The largest absolute Gasteiger partial charge is 0.497 e. The van der Waals surface area contributed by atoms with Crippen LogP contribution in [0.15, 0.2) is 60.7 Å². The lowest BCUT2D eigenvalue weighted by molar-refractivity contribution is 0.0321. The molecule has 3 aromatic rings. The number of fused-ring (bicyclic) bond motifs is 1. The van der Waals surface area contributed by atoms with Crippen LogP contribution in [0.3, 0.4) is 0 Å². The first kappa shape index (κ1) is 26.4. The Morgan fingerprint density at radius 2 is 1.58 bits per heavy atom. The van der Waals surface area contributed by atoms with Crippen LogP contribution >= 0.6 is 0 Å². The first-order chi connectivity index (χ1) is 18.3. The van der Waals surface area contributed by atoms with Crippen LogP contribution in [0.25, 0.3) is 0 Å². The molecule has 0 amide bonds. The van der Waals surface area contributed by atoms with E-state index in [0.717, 1.165) is 67.9 Å². The molecule has 0 saturated carbocycles. The molecule has 5 rings (SSSR count). The van der Waals surface area contributed by atoms with Gasteiger partial charge in [0.1, 0.15) is 23.9 Å². The number of benzene rings is 3. The number of morpholine rings is 1. The Bertz CT molecular complexity index is 1250. The minimum absolute atomic E-state index is 0.00851. The molecular weight excluding hydrogens is 476 g/mol. The Morgan fingerprint density at radius 3 is 2.26 bits per heavy atom. The van der Waals surface area contributed by atoms with E-state index in [9.17, 15) is 0 Å². The van der Waals surface area contributed by atoms with Gasteiger partial charge in [-0.15, -0.1) is 0 Å². The quantitative estimate of drug-likeness (QED) is 0.428. The Morgan fingerprint density at radius 1 is 0.868 bits per heavy atom. The van der Waals surface area contributed by atoms with Crippen molar-refractivity contribution in [2.24, 2.45) is 0 Å². The van der Waals surface area contributed by atoms with Crippen molar-refractivity contribution in [3.8, 4) is 17.2 Å². The summed E-state index contributed by atoms with van der Waals surface area (Å²) in [5.41, 5.74) is 5.45. The first-order valence-corrected chi connectivity index (χ1v) is 13.5. The minimum atomic E-state index is -0.467. The maximum absolute atomic E-state index is 6.62. The molecule has 2 aliphatic rings. The molecule has 1 fully saturated rings. The van der Waals surface area contributed by atoms with E-state index in [1.54, 1.807) is 14.2 Å². The summed E-state index contributed by atoms with van der Waals surface area (Å²) in [6.45, 7) is 12.5. The van der Waals surface area contributed by atoms with Crippen LogP contribution in [0, 0.1) is 0 Å². The first-order valence-electron chi connectivity index (χ1n) is 13.5. The van der Waals surface area contributed by atoms with E-state index in [1.807, 2.05) is 18.2 Å². The number of rotatable bonds is 8. The average molecular weight is 517 g/mol. The summed E-state index contributed by atoms with van der Waals surface area (Å²) in [5.74, 6) is 2.60. The average Bonchev–Trinajstić information content (AvgIpc) is 3.32. The van der Waals surface area contributed by atoms with Gasteiger partial charge in [0.05, 0.1) is 32.8 Å². The van der Waals surface area contributed by atoms with Crippen molar-refractivity contribution < 1.29 is 18.9 Å². The highest BCUT2D eigenvalue weighted by Crippen LogP contribution is 2.51. The summed E-state index contributed by atoms with van der Waals surface area (Å²) >= 11 is 0. The summed E-state index contributed by atoms with van der Waals surface area (Å²) in [7, 11) is 3.43. The van der Waals surface area contributed by atoms with Gasteiger partial charge in [-0.25, -0.2) is 0 Å². The molecule has 3 aromatic carbocycles. The minimum Gasteiger partial charge on any atom is -0.497 e. The molecule has 2 heterocycles. The number of nitrogens with zero attached hydrogens (tertiary/aromatic N) is 1. The number of methoxy groups -OCH3 is 2. The molecule has 0 bridgehead atoms. The molecule has 38 heavy (non-hydrogen) atoms. The van der Waals surface area contributed by atoms with Gasteiger partial charge in [0.15, 0.2) is 0 Å². The zero-order valence-electron chi connectivity index (χ0n) is 23.3. The van der Waals surface area contributed by atoms with E-state index in [2.05, 4.69) is 73.5 Å². The fraction of sp³-hybridized carbons (Fsp3) is 0.438. The summed E-state index contributed by atoms with van der Waals surface area (Å²) in [6.07, 6.45) is 0. The predicted molar refractivity (Wildman–Crippen MR) is 152 cm³/mol. The molecule has 0 radical (unpaired) electrons. The van der Waals surface area contributed by atoms with Crippen molar-refractivity contribution in [2.45, 2.75) is 31.6 Å². The number of anilines is 1. The number of hydrogen-bond acceptors (Lipinski definition) is 6. The second-order valence-corrected chi connectivity index (χ2v) is 11.2. The fourth-order valence-electron chi connectivity index (χ4n) is 5.57. The normalized spacial score (nSPS) is 19.5. The maximum atomic E-state index is 6.62. The van der Waals surface area contributed by atoms with Gasteiger partial charge in [-0.3, -0.25) is 4.90 Å². The van der Waals surface area contributed by atoms with Crippen molar-refractivity contribution in [1.29, 1.82) is 0 Å². The van der Waals surface area contributed by atoms with Crippen molar-refractivity contribution in [2.75, 3.05) is 65.5 Å². The summed E-state index contributed by atoms with van der Waals surface area (Å²) in [5, 5.41) is 3.70. The standard InChI is InChI=1S/C32H40N2O4/c1-31(2,3)24-8-13-30(38-19-16-34-14-17-37-18-15-34)28(20-24)32(23-6-9-25(35-4)10-7-23)22-33-29-12-11-26(36-5)21-27(29)32/h6-13,20-21,33H,14-19,22H2,1-5H3. The van der Waals surface area contributed by atoms with Crippen LogP contribution in [0.4, 0.5) is 5.69 Å². The second kappa shape index (κ2) is 10.9. The molecule has 6 nitrogen and oxygen atoms in total. The van der Waals surface area contributed by atoms with E-state index >= 15 is 0 Å². The van der Waals surface area contributed by atoms with Gasteiger partial charge in [0.2, 0.25) is 0 Å². The summed E-state index contributed by atoms with van der Waals surface area (Å²) < 4.78 is 23.3. The predicted octanol–water partition coefficient (Wildman–Crippen LogP) is 5.47. The van der Waals surface area contributed by atoms with E-state index in [1.165, 1.54) is 16.7 Å². The van der Waals surface area contributed by atoms with Crippen LogP contribution in [0.5, 0.6) is 17.2 Å².